The minimum absolute atomic E-state index is 0.498. The first-order valence-electron chi connectivity index (χ1n) is 6.60. The van der Waals surface area contributed by atoms with Gasteiger partial charge in [0.05, 0.1) is 13.2 Å². The summed E-state index contributed by atoms with van der Waals surface area (Å²) in [5.74, 6) is 0. The molecule has 1 aliphatic carbocycles. The van der Waals surface area contributed by atoms with Crippen molar-refractivity contribution in [3.05, 3.63) is 35.4 Å². The topological polar surface area (TPSA) is 24.5 Å². The first-order chi connectivity index (χ1) is 8.43. The lowest BCUT2D eigenvalue weighted by molar-refractivity contribution is 0.00187. The summed E-state index contributed by atoms with van der Waals surface area (Å²) in [5.41, 5.74) is 6.68. The van der Waals surface area contributed by atoms with Crippen molar-refractivity contribution < 1.29 is 4.74 Å². The molecule has 1 aliphatic heterocycles. The van der Waals surface area contributed by atoms with Gasteiger partial charge in [0, 0.05) is 19.1 Å². The Bertz CT molecular complexity index is 374. The van der Waals surface area contributed by atoms with Gasteiger partial charge in [-0.15, -0.1) is 0 Å². The van der Waals surface area contributed by atoms with E-state index < -0.39 is 0 Å². The van der Waals surface area contributed by atoms with Crippen LogP contribution in [0.3, 0.4) is 0 Å². The van der Waals surface area contributed by atoms with Gasteiger partial charge in [0.1, 0.15) is 0 Å². The molecule has 1 saturated heterocycles. The third kappa shape index (κ3) is 2.51. The molecule has 0 amide bonds. The Morgan fingerprint density at radius 3 is 2.88 bits per heavy atom. The number of morpholine rings is 1. The molecule has 1 unspecified atom stereocenters. The van der Waals surface area contributed by atoms with Gasteiger partial charge >= 0.3 is 0 Å². The number of nitrogens with one attached hydrogen (secondary N) is 1. The van der Waals surface area contributed by atoms with Gasteiger partial charge in [-0.3, -0.25) is 0 Å². The molecule has 1 aromatic rings. The van der Waals surface area contributed by atoms with Gasteiger partial charge in [0.2, 0.25) is 0 Å². The van der Waals surface area contributed by atoms with Crippen molar-refractivity contribution >= 4 is 0 Å². The largest absolute Gasteiger partial charge is 0.379 e. The Kier molecular flexibility index (Phi) is 3.41. The minimum Gasteiger partial charge on any atom is -0.379 e. The molecule has 0 radical (unpaired) electrons. The molecule has 2 aliphatic rings. The van der Waals surface area contributed by atoms with E-state index >= 15 is 0 Å². The van der Waals surface area contributed by atoms with Crippen LogP contribution in [0.1, 0.15) is 30.0 Å². The van der Waals surface area contributed by atoms with Gasteiger partial charge in [-0.2, -0.15) is 0 Å². The molecule has 0 bridgehead atoms. The number of aryl methyl sites for hydroxylation is 1. The number of nitrogens with zero attached hydrogens (tertiary/aromatic N) is 1. The van der Waals surface area contributed by atoms with Crippen LogP contribution in [-0.2, 0) is 11.2 Å². The summed E-state index contributed by atoms with van der Waals surface area (Å²) in [6, 6.07) is 9.33. The molecule has 92 valence electrons. The monoisotopic (exact) mass is 232 g/mol. The highest BCUT2D eigenvalue weighted by atomic mass is 16.5. The lowest BCUT2D eigenvalue weighted by Crippen LogP contribution is -2.47. The lowest BCUT2D eigenvalue weighted by atomic mass is 9.88. The van der Waals surface area contributed by atoms with Crippen LogP contribution in [0.4, 0.5) is 0 Å². The summed E-state index contributed by atoms with van der Waals surface area (Å²) in [6.45, 7) is 3.69. The highest BCUT2D eigenvalue weighted by Crippen LogP contribution is 2.29. The average molecular weight is 232 g/mol. The van der Waals surface area contributed by atoms with Gasteiger partial charge in [-0.1, -0.05) is 24.3 Å². The molecule has 3 nitrogen and oxygen atoms in total. The quantitative estimate of drug-likeness (QED) is 0.843. The fourth-order valence-electron chi connectivity index (χ4n) is 2.80. The molecule has 0 spiro atoms. The molecular weight excluding hydrogens is 212 g/mol. The second kappa shape index (κ2) is 5.17. The molecule has 0 saturated carbocycles. The second-order valence-corrected chi connectivity index (χ2v) is 4.87. The van der Waals surface area contributed by atoms with E-state index in [9.17, 15) is 0 Å². The van der Waals surface area contributed by atoms with Crippen molar-refractivity contribution in [2.24, 2.45) is 0 Å². The molecule has 1 fully saturated rings. The summed E-state index contributed by atoms with van der Waals surface area (Å²) < 4.78 is 5.38. The van der Waals surface area contributed by atoms with Gasteiger partial charge in [-0.25, -0.2) is 10.4 Å². The zero-order chi connectivity index (χ0) is 11.5. The molecule has 3 heteroatoms. The highest BCUT2D eigenvalue weighted by Gasteiger charge is 2.22. The maximum atomic E-state index is 5.38. The molecule has 1 atom stereocenters. The van der Waals surface area contributed by atoms with E-state index in [1.165, 1.54) is 30.4 Å². The number of ether oxygens (including phenoxy) is 1. The molecule has 1 heterocycles. The van der Waals surface area contributed by atoms with E-state index in [1.54, 1.807) is 0 Å². The summed E-state index contributed by atoms with van der Waals surface area (Å²) in [5, 5.41) is 2.32. The fraction of sp³-hybridized carbons (Fsp3) is 0.571. The van der Waals surface area contributed by atoms with Crippen LogP contribution >= 0.6 is 0 Å². The number of hydrazine groups is 1. The zero-order valence-electron chi connectivity index (χ0n) is 10.2. The number of hydrogen-bond acceptors (Lipinski definition) is 3. The Morgan fingerprint density at radius 2 is 2.00 bits per heavy atom. The summed E-state index contributed by atoms with van der Waals surface area (Å²) >= 11 is 0. The van der Waals surface area contributed by atoms with Crippen molar-refractivity contribution in [1.82, 2.24) is 10.4 Å². The Morgan fingerprint density at radius 1 is 1.18 bits per heavy atom. The van der Waals surface area contributed by atoms with Crippen LogP contribution in [0.2, 0.25) is 0 Å². The first-order valence-corrected chi connectivity index (χ1v) is 6.60. The van der Waals surface area contributed by atoms with Crippen molar-refractivity contribution in [1.29, 1.82) is 0 Å². The predicted molar refractivity (Wildman–Crippen MR) is 67.6 cm³/mol. The number of benzene rings is 1. The van der Waals surface area contributed by atoms with Gasteiger partial charge < -0.3 is 4.74 Å². The third-order valence-electron chi connectivity index (χ3n) is 3.72. The first kappa shape index (κ1) is 11.2. The summed E-state index contributed by atoms with van der Waals surface area (Å²) in [6.07, 6.45) is 3.77. The summed E-state index contributed by atoms with van der Waals surface area (Å²) in [7, 11) is 0. The van der Waals surface area contributed by atoms with Crippen molar-refractivity contribution in [2.45, 2.75) is 25.3 Å². The van der Waals surface area contributed by atoms with E-state index in [0.29, 0.717) is 6.04 Å². The Labute approximate surface area is 103 Å². The van der Waals surface area contributed by atoms with Crippen molar-refractivity contribution in [2.75, 3.05) is 26.3 Å². The van der Waals surface area contributed by atoms with Gasteiger partial charge in [-0.05, 0) is 30.4 Å². The standard InChI is InChI=1S/C14H20N2O/c1-2-6-13-12(4-1)5-3-7-14(13)15-16-8-10-17-11-9-16/h1-2,4,6,14-15H,3,5,7-11H2. The van der Waals surface area contributed by atoms with Crippen LogP contribution in [0.25, 0.3) is 0 Å². The predicted octanol–water partition coefficient (Wildman–Crippen LogP) is 1.90. The van der Waals surface area contributed by atoms with Crippen LogP contribution in [0.15, 0.2) is 24.3 Å². The third-order valence-corrected chi connectivity index (χ3v) is 3.72. The summed E-state index contributed by atoms with van der Waals surface area (Å²) in [4.78, 5) is 0. The van der Waals surface area contributed by atoms with Crippen molar-refractivity contribution in [3.8, 4) is 0 Å². The van der Waals surface area contributed by atoms with E-state index in [-0.39, 0.29) is 0 Å². The second-order valence-electron chi connectivity index (χ2n) is 4.87. The fourth-order valence-corrected chi connectivity index (χ4v) is 2.80. The van der Waals surface area contributed by atoms with Crippen LogP contribution in [0.5, 0.6) is 0 Å². The van der Waals surface area contributed by atoms with Gasteiger partial charge in [0.25, 0.3) is 0 Å². The van der Waals surface area contributed by atoms with Crippen LogP contribution in [-0.4, -0.2) is 31.3 Å². The molecule has 1 N–H and O–H groups in total. The van der Waals surface area contributed by atoms with Gasteiger partial charge in [0.15, 0.2) is 0 Å². The molecule has 17 heavy (non-hydrogen) atoms. The number of fused-ring (bicyclic) bond motifs is 1. The lowest BCUT2D eigenvalue weighted by Gasteiger charge is -2.34. The highest BCUT2D eigenvalue weighted by molar-refractivity contribution is 5.31. The Balaban J connectivity index is 1.71. The number of rotatable bonds is 2. The van der Waals surface area contributed by atoms with Crippen molar-refractivity contribution in [3.63, 3.8) is 0 Å². The zero-order valence-corrected chi connectivity index (χ0v) is 10.2. The van der Waals surface area contributed by atoms with E-state index in [2.05, 4.69) is 34.7 Å². The molecule has 1 aromatic carbocycles. The molecule has 0 aromatic heterocycles. The molecular formula is C14H20N2O. The maximum absolute atomic E-state index is 5.38. The van der Waals surface area contributed by atoms with Crippen LogP contribution < -0.4 is 5.43 Å². The van der Waals surface area contributed by atoms with E-state index in [0.717, 1.165) is 26.3 Å². The van der Waals surface area contributed by atoms with Crippen LogP contribution in [0, 0.1) is 0 Å². The average Bonchev–Trinajstić information content (AvgIpc) is 2.40. The SMILES string of the molecule is c1ccc2c(c1)CCCC2NN1CCOCC1. The van der Waals surface area contributed by atoms with E-state index in [4.69, 9.17) is 4.74 Å². The Hall–Kier alpha value is -0.900. The smallest absolute Gasteiger partial charge is 0.0608 e. The number of hydrogen-bond donors (Lipinski definition) is 1. The minimum atomic E-state index is 0.498. The molecule has 3 rings (SSSR count). The normalized spacial score (nSPS) is 25.5. The maximum Gasteiger partial charge on any atom is 0.0608 e. The van der Waals surface area contributed by atoms with E-state index in [1.807, 2.05) is 0 Å².